The normalized spacial score (nSPS) is 11.3. The lowest BCUT2D eigenvalue weighted by Crippen LogP contribution is -1.96. The average Bonchev–Trinajstić information content (AvgIpc) is 2.73. The fraction of sp³-hybridized carbons (Fsp3) is 0.0833. The highest BCUT2D eigenvalue weighted by Gasteiger charge is 2.10. The second kappa shape index (κ2) is 3.21. The molecule has 4 nitrogen and oxygen atoms in total. The van der Waals surface area contributed by atoms with E-state index in [9.17, 15) is 9.90 Å². The number of aliphatic hydroxyl groups is 1. The molecule has 2 aromatic heterocycles. The predicted octanol–water partition coefficient (Wildman–Crippen LogP) is 2.03. The molecule has 3 rings (SSSR count). The van der Waals surface area contributed by atoms with Crippen LogP contribution in [-0.2, 0) is 6.61 Å². The summed E-state index contributed by atoms with van der Waals surface area (Å²) in [6.07, 6.45) is 1.54. The molecular weight excluding hydrogens is 208 g/mol. The van der Waals surface area contributed by atoms with Crippen LogP contribution in [0.2, 0.25) is 0 Å². The minimum absolute atomic E-state index is 0.124. The summed E-state index contributed by atoms with van der Waals surface area (Å²) in [6.45, 7) is -0.124. The molecule has 0 aliphatic rings. The Hall–Kier alpha value is -2.07. The van der Waals surface area contributed by atoms with Crippen LogP contribution in [0.5, 0.6) is 0 Å². The van der Waals surface area contributed by atoms with E-state index in [2.05, 4.69) is 0 Å². The summed E-state index contributed by atoms with van der Waals surface area (Å²) in [5, 5.41) is 10.9. The average molecular weight is 216 g/mol. The Morgan fingerprint density at radius 1 is 1.12 bits per heavy atom. The molecule has 0 aliphatic heterocycles. The van der Waals surface area contributed by atoms with E-state index >= 15 is 0 Å². The first-order chi connectivity index (χ1) is 7.79. The summed E-state index contributed by atoms with van der Waals surface area (Å²) in [7, 11) is 0. The Morgan fingerprint density at radius 2 is 1.94 bits per heavy atom. The first kappa shape index (κ1) is 9.18. The van der Waals surface area contributed by atoms with E-state index in [0.29, 0.717) is 16.7 Å². The Kier molecular flexibility index (Phi) is 1.84. The van der Waals surface area contributed by atoms with Gasteiger partial charge in [0, 0.05) is 22.9 Å². The topological polar surface area (TPSA) is 63.6 Å². The number of furan rings is 1. The van der Waals surface area contributed by atoms with Crippen molar-refractivity contribution in [2.24, 2.45) is 0 Å². The lowest BCUT2D eigenvalue weighted by atomic mass is 10.1. The number of benzene rings is 1. The van der Waals surface area contributed by atoms with Crippen LogP contribution in [0.25, 0.3) is 21.9 Å². The molecular formula is C12H8O4. The van der Waals surface area contributed by atoms with Crippen molar-refractivity contribution >= 4 is 21.9 Å². The summed E-state index contributed by atoms with van der Waals surface area (Å²) in [4.78, 5) is 11.1. The third-order valence-electron chi connectivity index (χ3n) is 2.63. The van der Waals surface area contributed by atoms with E-state index < -0.39 is 5.63 Å². The van der Waals surface area contributed by atoms with Crippen molar-refractivity contribution in [3.8, 4) is 0 Å². The molecule has 3 aromatic rings. The van der Waals surface area contributed by atoms with Crippen molar-refractivity contribution in [2.75, 3.05) is 0 Å². The fourth-order valence-electron chi connectivity index (χ4n) is 1.90. The van der Waals surface area contributed by atoms with Gasteiger partial charge in [0.15, 0.2) is 0 Å². The second-order valence-electron chi connectivity index (χ2n) is 3.51. The zero-order valence-electron chi connectivity index (χ0n) is 8.27. The summed E-state index contributed by atoms with van der Waals surface area (Å²) in [5.74, 6) is 0. The molecule has 0 saturated carbocycles. The van der Waals surface area contributed by atoms with Gasteiger partial charge in [0.05, 0.1) is 12.9 Å². The third-order valence-corrected chi connectivity index (χ3v) is 2.63. The van der Waals surface area contributed by atoms with Gasteiger partial charge in [-0.2, -0.15) is 0 Å². The Morgan fingerprint density at radius 3 is 2.75 bits per heavy atom. The van der Waals surface area contributed by atoms with Gasteiger partial charge in [0.1, 0.15) is 11.2 Å². The molecule has 0 spiro atoms. The van der Waals surface area contributed by atoms with Gasteiger partial charge in [-0.3, -0.25) is 0 Å². The van der Waals surface area contributed by atoms with Crippen molar-refractivity contribution in [3.63, 3.8) is 0 Å². The largest absolute Gasteiger partial charge is 0.464 e. The minimum atomic E-state index is -0.415. The van der Waals surface area contributed by atoms with Crippen molar-refractivity contribution in [1.82, 2.24) is 0 Å². The molecule has 0 saturated heterocycles. The van der Waals surface area contributed by atoms with Gasteiger partial charge < -0.3 is 13.9 Å². The SMILES string of the molecule is O=c1ccc2c(CO)c3ccoc3cc2o1. The Bertz CT molecular complexity index is 721. The Labute approximate surface area is 89.7 Å². The van der Waals surface area contributed by atoms with E-state index in [4.69, 9.17) is 8.83 Å². The highest BCUT2D eigenvalue weighted by atomic mass is 16.4. The van der Waals surface area contributed by atoms with Crippen LogP contribution in [0.15, 0.2) is 44.2 Å². The van der Waals surface area contributed by atoms with Crippen molar-refractivity contribution in [1.29, 1.82) is 0 Å². The quantitative estimate of drug-likeness (QED) is 0.632. The second-order valence-corrected chi connectivity index (χ2v) is 3.51. The minimum Gasteiger partial charge on any atom is -0.464 e. The number of hydrogen-bond donors (Lipinski definition) is 1. The van der Waals surface area contributed by atoms with E-state index in [0.717, 1.165) is 10.8 Å². The molecule has 0 bridgehead atoms. The van der Waals surface area contributed by atoms with E-state index in [1.807, 2.05) is 0 Å². The van der Waals surface area contributed by atoms with Crippen molar-refractivity contribution in [3.05, 3.63) is 46.5 Å². The fourth-order valence-corrected chi connectivity index (χ4v) is 1.90. The highest BCUT2D eigenvalue weighted by molar-refractivity contribution is 5.97. The van der Waals surface area contributed by atoms with Crippen molar-refractivity contribution < 1.29 is 13.9 Å². The van der Waals surface area contributed by atoms with Crippen LogP contribution in [0.4, 0.5) is 0 Å². The van der Waals surface area contributed by atoms with E-state index in [-0.39, 0.29) is 6.61 Å². The van der Waals surface area contributed by atoms with Gasteiger partial charge in [0.2, 0.25) is 0 Å². The van der Waals surface area contributed by atoms with Crippen molar-refractivity contribution in [2.45, 2.75) is 6.61 Å². The molecule has 1 N–H and O–H groups in total. The molecule has 16 heavy (non-hydrogen) atoms. The molecule has 0 amide bonds. The maximum atomic E-state index is 11.1. The maximum absolute atomic E-state index is 11.1. The van der Waals surface area contributed by atoms with Crippen LogP contribution in [0, 0.1) is 0 Å². The smallest absolute Gasteiger partial charge is 0.336 e. The predicted molar refractivity (Wildman–Crippen MR) is 58.2 cm³/mol. The molecule has 2 heterocycles. The summed E-state index contributed by atoms with van der Waals surface area (Å²) < 4.78 is 10.3. The van der Waals surface area contributed by atoms with Crippen LogP contribution >= 0.6 is 0 Å². The van der Waals surface area contributed by atoms with Gasteiger partial charge in [-0.05, 0) is 17.7 Å². The molecule has 4 heteroatoms. The molecule has 1 aromatic carbocycles. The van der Waals surface area contributed by atoms with Gasteiger partial charge in [-0.1, -0.05) is 0 Å². The maximum Gasteiger partial charge on any atom is 0.336 e. The number of rotatable bonds is 1. The lowest BCUT2D eigenvalue weighted by molar-refractivity contribution is 0.284. The lowest BCUT2D eigenvalue weighted by Gasteiger charge is -2.03. The number of fused-ring (bicyclic) bond motifs is 2. The van der Waals surface area contributed by atoms with Crippen LogP contribution < -0.4 is 5.63 Å². The molecule has 0 atom stereocenters. The Balaban J connectivity index is 2.58. The van der Waals surface area contributed by atoms with Gasteiger partial charge in [0.25, 0.3) is 0 Å². The first-order valence-electron chi connectivity index (χ1n) is 4.83. The zero-order chi connectivity index (χ0) is 11.1. The first-order valence-corrected chi connectivity index (χ1v) is 4.83. The van der Waals surface area contributed by atoms with Gasteiger partial charge in [-0.15, -0.1) is 0 Å². The highest BCUT2D eigenvalue weighted by Crippen LogP contribution is 2.28. The molecule has 0 unspecified atom stereocenters. The molecule has 0 radical (unpaired) electrons. The summed E-state index contributed by atoms with van der Waals surface area (Å²) in [6, 6.07) is 6.43. The van der Waals surface area contributed by atoms with Gasteiger partial charge in [-0.25, -0.2) is 4.79 Å². The number of aliphatic hydroxyl groups excluding tert-OH is 1. The summed E-state index contributed by atoms with van der Waals surface area (Å²) >= 11 is 0. The monoisotopic (exact) mass is 216 g/mol. The molecule has 0 aliphatic carbocycles. The van der Waals surface area contributed by atoms with Gasteiger partial charge >= 0.3 is 5.63 Å². The zero-order valence-corrected chi connectivity index (χ0v) is 8.27. The summed E-state index contributed by atoms with van der Waals surface area (Å²) in [5.41, 5.74) is 1.33. The van der Waals surface area contributed by atoms with Crippen LogP contribution in [0.3, 0.4) is 0 Å². The van der Waals surface area contributed by atoms with Crippen LogP contribution in [0.1, 0.15) is 5.56 Å². The standard InChI is InChI=1S/C12H8O4/c13-6-9-7-1-2-12(14)16-11(7)5-10-8(9)3-4-15-10/h1-5,13H,6H2. The third kappa shape index (κ3) is 1.17. The molecule has 80 valence electrons. The molecule has 0 fully saturated rings. The van der Waals surface area contributed by atoms with E-state index in [1.165, 1.54) is 6.07 Å². The number of hydrogen-bond acceptors (Lipinski definition) is 4. The van der Waals surface area contributed by atoms with Crippen LogP contribution in [-0.4, -0.2) is 5.11 Å². The van der Waals surface area contributed by atoms with E-state index in [1.54, 1.807) is 24.5 Å².